The van der Waals surface area contributed by atoms with Gasteiger partial charge >= 0.3 is 5.97 Å². The van der Waals surface area contributed by atoms with E-state index in [4.69, 9.17) is 9.47 Å². The van der Waals surface area contributed by atoms with Crippen LogP contribution in [-0.4, -0.2) is 54.7 Å². The van der Waals surface area contributed by atoms with Crippen molar-refractivity contribution < 1.29 is 19.1 Å². The minimum Gasteiger partial charge on any atom is -0.461 e. The standard InChI is InChI=1S/C20H22N2O4/c1-3-26-20(24)17-13-16(15-7-5-4-6-8-15)18(14(2)21-17)19(23)22-9-11-25-12-10-22/h4-8,13H,3,9-12H2,1-2H3. The van der Waals surface area contributed by atoms with Crippen LogP contribution in [-0.2, 0) is 9.47 Å². The second-order valence-electron chi connectivity index (χ2n) is 6.01. The Morgan fingerprint density at radius 1 is 1.19 bits per heavy atom. The van der Waals surface area contributed by atoms with Crippen LogP contribution in [0.4, 0.5) is 0 Å². The van der Waals surface area contributed by atoms with E-state index in [-0.39, 0.29) is 18.2 Å². The molecule has 1 aromatic carbocycles. The fourth-order valence-corrected chi connectivity index (χ4v) is 3.02. The summed E-state index contributed by atoms with van der Waals surface area (Å²) >= 11 is 0. The van der Waals surface area contributed by atoms with Crippen molar-refractivity contribution in [3.63, 3.8) is 0 Å². The van der Waals surface area contributed by atoms with Gasteiger partial charge in [-0.25, -0.2) is 9.78 Å². The van der Waals surface area contributed by atoms with E-state index in [1.807, 2.05) is 30.3 Å². The number of rotatable bonds is 4. The normalized spacial score (nSPS) is 14.2. The maximum atomic E-state index is 13.1. The Morgan fingerprint density at radius 3 is 2.54 bits per heavy atom. The Labute approximate surface area is 152 Å². The van der Waals surface area contributed by atoms with Crippen LogP contribution < -0.4 is 0 Å². The molecule has 1 aromatic heterocycles. The second-order valence-corrected chi connectivity index (χ2v) is 6.01. The van der Waals surface area contributed by atoms with Crippen LogP contribution >= 0.6 is 0 Å². The maximum absolute atomic E-state index is 13.1. The maximum Gasteiger partial charge on any atom is 0.356 e. The fraction of sp³-hybridized carbons (Fsp3) is 0.350. The van der Waals surface area contributed by atoms with Gasteiger partial charge in [-0.1, -0.05) is 30.3 Å². The van der Waals surface area contributed by atoms with Crippen molar-refractivity contribution >= 4 is 11.9 Å². The Morgan fingerprint density at radius 2 is 1.88 bits per heavy atom. The van der Waals surface area contributed by atoms with Crippen LogP contribution in [0.1, 0.15) is 33.5 Å². The minimum absolute atomic E-state index is 0.0902. The molecule has 1 amide bonds. The Balaban J connectivity index is 2.10. The van der Waals surface area contributed by atoms with Crippen molar-refractivity contribution in [1.29, 1.82) is 0 Å². The summed E-state index contributed by atoms with van der Waals surface area (Å²) in [5.74, 6) is -0.578. The van der Waals surface area contributed by atoms with Crippen LogP contribution in [0.3, 0.4) is 0 Å². The van der Waals surface area contributed by atoms with E-state index in [0.717, 1.165) is 5.56 Å². The first kappa shape index (κ1) is 18.1. The molecule has 1 fully saturated rings. The van der Waals surface area contributed by atoms with Crippen molar-refractivity contribution in [3.05, 3.63) is 53.3 Å². The number of esters is 1. The molecule has 0 radical (unpaired) electrons. The number of amides is 1. The van der Waals surface area contributed by atoms with Crippen molar-refractivity contribution in [3.8, 4) is 11.1 Å². The molecule has 2 aromatic rings. The van der Waals surface area contributed by atoms with Gasteiger partial charge in [0.05, 0.1) is 31.1 Å². The van der Waals surface area contributed by atoms with Gasteiger partial charge in [-0.2, -0.15) is 0 Å². The molecule has 0 bridgehead atoms. The van der Waals surface area contributed by atoms with Gasteiger partial charge in [0, 0.05) is 13.1 Å². The molecule has 26 heavy (non-hydrogen) atoms. The van der Waals surface area contributed by atoms with Crippen LogP contribution in [0, 0.1) is 6.92 Å². The quantitative estimate of drug-likeness (QED) is 0.790. The van der Waals surface area contributed by atoms with E-state index in [1.54, 1.807) is 24.8 Å². The average molecular weight is 354 g/mol. The van der Waals surface area contributed by atoms with Gasteiger partial charge in [-0.15, -0.1) is 0 Å². The summed E-state index contributed by atoms with van der Waals surface area (Å²) in [6.45, 7) is 5.93. The number of ether oxygens (including phenoxy) is 2. The Hall–Kier alpha value is -2.73. The van der Waals surface area contributed by atoms with Gasteiger partial charge in [-0.3, -0.25) is 4.79 Å². The first-order valence-corrected chi connectivity index (χ1v) is 8.73. The highest BCUT2D eigenvalue weighted by Gasteiger charge is 2.26. The average Bonchev–Trinajstić information content (AvgIpc) is 2.68. The lowest BCUT2D eigenvalue weighted by Gasteiger charge is -2.28. The zero-order valence-electron chi connectivity index (χ0n) is 15.0. The van der Waals surface area contributed by atoms with Crippen molar-refractivity contribution in [1.82, 2.24) is 9.88 Å². The summed E-state index contributed by atoms with van der Waals surface area (Å²) in [5.41, 5.74) is 2.80. The lowest BCUT2D eigenvalue weighted by Crippen LogP contribution is -2.41. The lowest BCUT2D eigenvalue weighted by atomic mass is 9.97. The van der Waals surface area contributed by atoms with E-state index in [0.29, 0.717) is 43.1 Å². The van der Waals surface area contributed by atoms with Crippen LogP contribution in [0.25, 0.3) is 11.1 Å². The van der Waals surface area contributed by atoms with Crippen LogP contribution in [0.15, 0.2) is 36.4 Å². The van der Waals surface area contributed by atoms with E-state index in [1.165, 1.54) is 0 Å². The van der Waals surface area contributed by atoms with Gasteiger partial charge in [0.1, 0.15) is 5.69 Å². The first-order valence-electron chi connectivity index (χ1n) is 8.73. The number of carbonyl (C=O) groups is 2. The van der Waals surface area contributed by atoms with Gasteiger partial charge in [0.25, 0.3) is 5.91 Å². The highest BCUT2D eigenvalue weighted by atomic mass is 16.5. The van der Waals surface area contributed by atoms with Crippen molar-refractivity contribution in [2.75, 3.05) is 32.9 Å². The number of aryl methyl sites for hydroxylation is 1. The zero-order chi connectivity index (χ0) is 18.5. The molecule has 0 N–H and O–H groups in total. The third-order valence-corrected chi connectivity index (χ3v) is 4.28. The van der Waals surface area contributed by atoms with Gasteiger partial charge in [0.15, 0.2) is 0 Å². The minimum atomic E-state index is -0.488. The fourth-order valence-electron chi connectivity index (χ4n) is 3.02. The summed E-state index contributed by atoms with van der Waals surface area (Å²) in [6, 6.07) is 11.2. The van der Waals surface area contributed by atoms with Crippen molar-refractivity contribution in [2.45, 2.75) is 13.8 Å². The SMILES string of the molecule is CCOC(=O)c1cc(-c2ccccc2)c(C(=O)N2CCOCC2)c(C)n1. The molecule has 1 saturated heterocycles. The number of hydrogen-bond donors (Lipinski definition) is 0. The van der Waals surface area contributed by atoms with E-state index < -0.39 is 5.97 Å². The molecule has 6 nitrogen and oxygen atoms in total. The zero-order valence-corrected chi connectivity index (χ0v) is 15.0. The molecular formula is C20H22N2O4. The number of morpholine rings is 1. The summed E-state index contributed by atoms with van der Waals surface area (Å²) in [6.07, 6.45) is 0. The molecule has 0 saturated carbocycles. The number of hydrogen-bond acceptors (Lipinski definition) is 5. The smallest absolute Gasteiger partial charge is 0.356 e. The monoisotopic (exact) mass is 354 g/mol. The number of nitrogens with zero attached hydrogens (tertiary/aromatic N) is 2. The lowest BCUT2D eigenvalue weighted by molar-refractivity contribution is 0.0302. The highest BCUT2D eigenvalue weighted by Crippen LogP contribution is 2.28. The topological polar surface area (TPSA) is 68.7 Å². The largest absolute Gasteiger partial charge is 0.461 e. The van der Waals surface area contributed by atoms with E-state index in [9.17, 15) is 9.59 Å². The van der Waals surface area contributed by atoms with Gasteiger partial charge in [0.2, 0.25) is 0 Å². The van der Waals surface area contributed by atoms with Crippen LogP contribution in [0.5, 0.6) is 0 Å². The molecular weight excluding hydrogens is 332 g/mol. The van der Waals surface area contributed by atoms with Crippen LogP contribution in [0.2, 0.25) is 0 Å². The molecule has 3 rings (SSSR count). The molecule has 1 aliphatic heterocycles. The molecule has 1 aliphatic rings. The molecule has 6 heteroatoms. The molecule has 0 atom stereocenters. The van der Waals surface area contributed by atoms with E-state index >= 15 is 0 Å². The summed E-state index contributed by atoms with van der Waals surface area (Å²) in [7, 11) is 0. The number of aromatic nitrogens is 1. The summed E-state index contributed by atoms with van der Waals surface area (Å²) in [4.78, 5) is 31.4. The molecule has 2 heterocycles. The van der Waals surface area contributed by atoms with Gasteiger partial charge in [-0.05, 0) is 31.0 Å². The predicted molar refractivity (Wildman–Crippen MR) is 97.1 cm³/mol. The molecule has 136 valence electrons. The third kappa shape index (κ3) is 3.75. The number of benzene rings is 1. The number of carbonyl (C=O) groups excluding carboxylic acids is 2. The number of pyridine rings is 1. The molecule has 0 unspecified atom stereocenters. The Kier molecular flexibility index (Phi) is 5.63. The Bertz CT molecular complexity index is 799. The van der Waals surface area contributed by atoms with Gasteiger partial charge < -0.3 is 14.4 Å². The third-order valence-electron chi connectivity index (χ3n) is 4.28. The predicted octanol–water partition coefficient (Wildman–Crippen LogP) is 2.71. The van der Waals surface area contributed by atoms with Crippen molar-refractivity contribution in [2.24, 2.45) is 0 Å². The summed E-state index contributed by atoms with van der Waals surface area (Å²) in [5, 5.41) is 0. The molecule has 0 spiro atoms. The second kappa shape index (κ2) is 8.10. The van der Waals surface area contributed by atoms with E-state index in [2.05, 4.69) is 4.98 Å². The first-order chi connectivity index (χ1) is 12.6. The summed E-state index contributed by atoms with van der Waals surface area (Å²) < 4.78 is 10.4. The highest BCUT2D eigenvalue weighted by molar-refractivity contribution is 6.03. The molecule has 0 aliphatic carbocycles.